The number of likely N-dealkylation sites (N-methyl/N-ethyl adjacent to an activating group) is 5. The molecule has 0 saturated carbocycles. The SMILES string of the molecule is CCOC(OCC)(OCC)C(O)(OCC)N(C)C.CCOC(OCC)(OCC)C(O)(OCC)N(C)C.CCOC(OCC)(OCC)C(O)(OCC)N(C)C.CCOC(OCC)(OCC)C(O)(OCC)N(C)C.CCOC(OCC)(OCC)C(O)(OCC)N(C)C.[Nb]. The molecule has 1 radical (unpaired) electrons. The van der Waals surface area contributed by atoms with E-state index in [4.69, 9.17) is 94.7 Å². The largest absolute Gasteiger partial charge is 0.356 e. The van der Waals surface area contributed by atoms with Crippen molar-refractivity contribution in [3.63, 3.8) is 0 Å². The molecule has 0 spiro atoms. The molecule has 0 rings (SSSR count). The average Bonchev–Trinajstić information content (AvgIpc) is 0.975. The molecular weight excluding hydrogens is 1280 g/mol. The summed E-state index contributed by atoms with van der Waals surface area (Å²) in [6.07, 6.45) is 0. The maximum Gasteiger partial charge on any atom is 0.356 e. The zero-order valence-electron chi connectivity index (χ0n) is 62.2. The Labute approximate surface area is 565 Å². The molecule has 555 valence electrons. The molecule has 0 aromatic heterocycles. The molecule has 31 heteroatoms. The minimum atomic E-state index is -1.82. The molecule has 5 N–H and O–H groups in total. The van der Waals surface area contributed by atoms with Gasteiger partial charge in [-0.15, -0.1) is 0 Å². The van der Waals surface area contributed by atoms with Crippen LogP contribution in [0.2, 0.25) is 0 Å². The topological polar surface area (TPSA) is 302 Å². The van der Waals surface area contributed by atoms with E-state index in [9.17, 15) is 25.5 Å². The van der Waals surface area contributed by atoms with Crippen LogP contribution in [-0.4, -0.2) is 312 Å². The second kappa shape index (κ2) is 53.5. The molecule has 0 amide bonds. The zero-order valence-corrected chi connectivity index (χ0v) is 64.4. The maximum absolute atomic E-state index is 10.7. The first kappa shape index (κ1) is 102. The Kier molecular flexibility index (Phi) is 59.7. The van der Waals surface area contributed by atoms with Crippen LogP contribution in [-0.2, 0) is 117 Å². The number of ether oxygens (including phenoxy) is 20. The van der Waals surface area contributed by atoms with Gasteiger partial charge >= 0.3 is 59.4 Å². The Morgan fingerprint density at radius 2 is 0.231 bits per heavy atom. The van der Waals surface area contributed by atoms with Gasteiger partial charge in [-0.2, -0.15) is 0 Å². The molecule has 0 aromatic rings. The maximum atomic E-state index is 10.7. The predicted molar refractivity (Wildman–Crippen MR) is 339 cm³/mol. The molecule has 0 aliphatic heterocycles. The van der Waals surface area contributed by atoms with E-state index >= 15 is 0 Å². The molecule has 5 unspecified atom stereocenters. The first-order valence-corrected chi connectivity index (χ1v) is 32.0. The summed E-state index contributed by atoms with van der Waals surface area (Å²) in [5.41, 5.74) is 0. The van der Waals surface area contributed by atoms with Crippen LogP contribution < -0.4 is 0 Å². The van der Waals surface area contributed by atoms with Crippen LogP contribution >= 0.6 is 0 Å². The second-order valence-corrected chi connectivity index (χ2v) is 19.0. The molecule has 0 aromatic carbocycles. The predicted octanol–water partition coefficient (Wildman–Crippen LogP) is 4.97. The van der Waals surface area contributed by atoms with Crippen molar-refractivity contribution in [2.75, 3.05) is 203 Å². The molecule has 0 aliphatic carbocycles. The summed E-state index contributed by atoms with van der Waals surface area (Å²) in [5, 5.41) is 53.6. The van der Waals surface area contributed by atoms with Crippen molar-refractivity contribution in [3.05, 3.63) is 0 Å². The molecule has 0 fully saturated rings. The van der Waals surface area contributed by atoms with Crippen molar-refractivity contribution in [2.45, 2.75) is 198 Å². The summed E-state index contributed by atoms with van der Waals surface area (Å²) < 4.78 is 110. The monoisotopic (exact) mass is 1420 g/mol. The van der Waals surface area contributed by atoms with E-state index in [0.29, 0.717) is 132 Å². The molecule has 0 bridgehead atoms. The number of aliphatic hydroxyl groups is 5. The standard InChI is InChI=1S/5C12H27NO5.Nb/c5*1-7-15-11(14,13(5)6)12(16-8-2,17-9-3)18-10-4;/h5*14H,7-10H2,1-6H3;. The molecule has 91 heavy (non-hydrogen) atoms. The van der Waals surface area contributed by atoms with Gasteiger partial charge in [0.2, 0.25) is 0 Å². The second-order valence-electron chi connectivity index (χ2n) is 19.0. The van der Waals surface area contributed by atoms with Gasteiger partial charge in [0.25, 0.3) is 0 Å². The minimum absolute atomic E-state index is 0. The first-order chi connectivity index (χ1) is 42.2. The van der Waals surface area contributed by atoms with Gasteiger partial charge in [-0.3, -0.25) is 24.5 Å². The van der Waals surface area contributed by atoms with Crippen molar-refractivity contribution in [2.24, 2.45) is 0 Å². The fraction of sp³-hybridized carbons (Fsp3) is 1.00. The summed E-state index contributed by atoms with van der Waals surface area (Å²) in [6.45, 7) is 42.2. The molecule has 5 atom stereocenters. The summed E-state index contributed by atoms with van der Waals surface area (Å²) in [5.74, 6) is -17.4. The Balaban J connectivity index is -0.000000247. The van der Waals surface area contributed by atoms with Crippen molar-refractivity contribution >= 4 is 0 Å². The van der Waals surface area contributed by atoms with Crippen molar-refractivity contribution < 1.29 is 143 Å². The Hall–Kier alpha value is -0.460. The minimum Gasteiger partial charge on any atom is -0.347 e. The Morgan fingerprint density at radius 3 is 0.275 bits per heavy atom. The fourth-order valence-electron chi connectivity index (χ4n) is 8.35. The van der Waals surface area contributed by atoms with E-state index in [2.05, 4.69) is 0 Å². The van der Waals surface area contributed by atoms with Gasteiger partial charge in [0.15, 0.2) is 0 Å². The first-order valence-electron chi connectivity index (χ1n) is 32.0. The van der Waals surface area contributed by atoms with Gasteiger partial charge in [-0.05, 0) is 209 Å². The van der Waals surface area contributed by atoms with E-state index in [1.807, 2.05) is 0 Å². The summed E-state index contributed by atoms with van der Waals surface area (Å²) >= 11 is 0. The molecule has 0 heterocycles. The molecular formula is C60H135N5NbO25. The van der Waals surface area contributed by atoms with Gasteiger partial charge in [0.1, 0.15) is 0 Å². The van der Waals surface area contributed by atoms with Gasteiger partial charge < -0.3 is 120 Å². The quantitative estimate of drug-likeness (QED) is 0.0397. The third kappa shape index (κ3) is 28.7. The normalized spacial score (nSPS) is 15.8. The summed E-state index contributed by atoms with van der Waals surface area (Å²) in [6, 6.07) is 0. The van der Waals surface area contributed by atoms with Crippen LogP contribution in [0.5, 0.6) is 0 Å². The van der Waals surface area contributed by atoms with E-state index in [1.54, 1.807) is 209 Å². The zero-order chi connectivity index (χ0) is 71.2. The molecule has 0 saturated heterocycles. The van der Waals surface area contributed by atoms with Gasteiger partial charge in [-0.1, -0.05) is 0 Å². The number of hydrogen-bond donors (Lipinski definition) is 5. The number of hydrogen-bond acceptors (Lipinski definition) is 30. The molecule has 30 nitrogen and oxygen atoms in total. The van der Waals surface area contributed by atoms with Gasteiger partial charge in [0, 0.05) is 155 Å². The Bertz CT molecular complexity index is 1310. The van der Waals surface area contributed by atoms with E-state index in [1.165, 1.54) is 24.5 Å². The summed E-state index contributed by atoms with van der Waals surface area (Å²) in [4.78, 5) is 7.35. The third-order valence-electron chi connectivity index (χ3n) is 11.8. The van der Waals surface area contributed by atoms with E-state index in [-0.39, 0.29) is 22.4 Å². The van der Waals surface area contributed by atoms with E-state index in [0.717, 1.165) is 0 Å². The van der Waals surface area contributed by atoms with Crippen LogP contribution in [0.15, 0.2) is 0 Å². The van der Waals surface area contributed by atoms with Crippen LogP contribution in [0.1, 0.15) is 138 Å². The summed E-state index contributed by atoms with van der Waals surface area (Å²) in [7, 11) is 16.7. The van der Waals surface area contributed by atoms with Gasteiger partial charge in [0.05, 0.1) is 0 Å². The van der Waals surface area contributed by atoms with Gasteiger partial charge in [-0.25, -0.2) is 0 Å². The van der Waals surface area contributed by atoms with Crippen molar-refractivity contribution in [3.8, 4) is 0 Å². The fourth-order valence-corrected chi connectivity index (χ4v) is 8.35. The number of nitrogens with zero attached hydrogens (tertiary/aromatic N) is 5. The Morgan fingerprint density at radius 1 is 0.165 bits per heavy atom. The smallest absolute Gasteiger partial charge is 0.347 e. The average molecular weight is 1420 g/mol. The van der Waals surface area contributed by atoms with Crippen molar-refractivity contribution in [1.82, 2.24) is 24.5 Å². The van der Waals surface area contributed by atoms with Crippen LogP contribution in [0, 0.1) is 0 Å². The van der Waals surface area contributed by atoms with Crippen LogP contribution in [0.25, 0.3) is 0 Å². The van der Waals surface area contributed by atoms with Crippen molar-refractivity contribution in [1.29, 1.82) is 0 Å². The third-order valence-corrected chi connectivity index (χ3v) is 11.8. The molecule has 0 aliphatic rings. The van der Waals surface area contributed by atoms with E-state index < -0.39 is 59.4 Å². The van der Waals surface area contributed by atoms with Crippen LogP contribution in [0.4, 0.5) is 0 Å². The van der Waals surface area contributed by atoms with Crippen LogP contribution in [0.3, 0.4) is 0 Å². The number of rotatable bonds is 50.